The highest BCUT2D eigenvalue weighted by atomic mass is 16.5. The first-order chi connectivity index (χ1) is 18.3. The van der Waals surface area contributed by atoms with Gasteiger partial charge in [0.2, 0.25) is 0 Å². The largest absolute Gasteiger partial charge is 0.497 e. The van der Waals surface area contributed by atoms with Crippen LogP contribution in [-0.2, 0) is 18.6 Å². The van der Waals surface area contributed by atoms with Gasteiger partial charge < -0.3 is 14.5 Å². The molecule has 1 atom stereocenters. The molecule has 2 heterocycles. The van der Waals surface area contributed by atoms with E-state index in [1.54, 1.807) is 7.11 Å². The Balaban J connectivity index is 1.76. The fourth-order valence-electron chi connectivity index (χ4n) is 4.65. The fraction of sp³-hybridized carbons (Fsp3) is 0.448. The van der Waals surface area contributed by atoms with Crippen LogP contribution in [0.25, 0.3) is 10.9 Å². The molecular weight excluding hydrogens is 480 g/mol. The van der Waals surface area contributed by atoms with Crippen LogP contribution in [0.3, 0.4) is 0 Å². The molecule has 2 aromatic heterocycles. The summed E-state index contributed by atoms with van der Waals surface area (Å²) in [4.78, 5) is 18.5. The number of H-pyrrole nitrogens is 1. The third-order valence-corrected chi connectivity index (χ3v) is 7.18. The maximum atomic E-state index is 13.2. The van der Waals surface area contributed by atoms with Crippen molar-refractivity contribution in [1.29, 1.82) is 0 Å². The zero-order valence-corrected chi connectivity index (χ0v) is 23.2. The number of aromatic nitrogens is 5. The smallest absolute Gasteiger partial charge is 0.252 e. The van der Waals surface area contributed by atoms with Crippen molar-refractivity contribution in [2.75, 3.05) is 13.7 Å². The number of aromatic amines is 1. The van der Waals surface area contributed by atoms with Crippen molar-refractivity contribution in [2.24, 2.45) is 0 Å². The van der Waals surface area contributed by atoms with Crippen LogP contribution in [0.4, 0.5) is 0 Å². The van der Waals surface area contributed by atoms with E-state index in [2.05, 4.69) is 65.2 Å². The molecule has 0 bridgehead atoms. The van der Waals surface area contributed by atoms with Gasteiger partial charge in [-0.05, 0) is 86.0 Å². The third kappa shape index (κ3) is 5.88. The molecular formula is C29H38N6O3. The van der Waals surface area contributed by atoms with E-state index in [1.807, 2.05) is 48.0 Å². The summed E-state index contributed by atoms with van der Waals surface area (Å²) >= 11 is 0. The number of methoxy groups -OCH3 is 1. The van der Waals surface area contributed by atoms with Crippen LogP contribution in [0.2, 0.25) is 0 Å². The van der Waals surface area contributed by atoms with E-state index < -0.39 is 0 Å². The van der Waals surface area contributed by atoms with E-state index in [1.165, 1.54) is 0 Å². The minimum Gasteiger partial charge on any atom is -0.497 e. The molecule has 1 unspecified atom stereocenters. The first kappa shape index (κ1) is 27.3. The molecule has 9 heteroatoms. The van der Waals surface area contributed by atoms with Crippen LogP contribution in [0, 0.1) is 0 Å². The second-order valence-electron chi connectivity index (χ2n) is 10.1. The Bertz CT molecular complexity index is 1410. The third-order valence-electron chi connectivity index (χ3n) is 7.18. The zero-order valence-electron chi connectivity index (χ0n) is 23.2. The summed E-state index contributed by atoms with van der Waals surface area (Å²) in [6, 6.07) is 15.6. The molecule has 38 heavy (non-hydrogen) atoms. The standard InChI is InChI=1S/C29H38N6O3/c1-7-26(27-31-32-33-35(27)29(4,5)8-2)34(18-20-10-12-23(37-6)13-11-20)19-22-16-21-17-24(38-9-3)14-15-25(21)30-28(22)36/h10-17,26H,7-9,18-19H2,1-6H3,(H,30,36). The summed E-state index contributed by atoms with van der Waals surface area (Å²) in [6.07, 6.45) is 1.66. The number of rotatable bonds is 12. The number of ether oxygens (including phenoxy) is 2. The van der Waals surface area contributed by atoms with Gasteiger partial charge in [-0.25, -0.2) is 4.68 Å². The van der Waals surface area contributed by atoms with Crippen molar-refractivity contribution in [2.45, 2.75) is 72.1 Å². The fourth-order valence-corrected chi connectivity index (χ4v) is 4.65. The van der Waals surface area contributed by atoms with Gasteiger partial charge in [0, 0.05) is 29.6 Å². The van der Waals surface area contributed by atoms with Crippen LogP contribution in [0.1, 0.15) is 70.5 Å². The van der Waals surface area contributed by atoms with Crippen LogP contribution in [0.5, 0.6) is 11.5 Å². The molecule has 0 aliphatic heterocycles. The van der Waals surface area contributed by atoms with E-state index in [0.29, 0.717) is 25.3 Å². The lowest BCUT2D eigenvalue weighted by atomic mass is 10.0. The number of pyridine rings is 1. The number of hydrogen-bond donors (Lipinski definition) is 1. The Kier molecular flexibility index (Phi) is 8.46. The second-order valence-corrected chi connectivity index (χ2v) is 10.1. The maximum Gasteiger partial charge on any atom is 0.252 e. The molecule has 0 aliphatic rings. The lowest BCUT2D eigenvalue weighted by Crippen LogP contribution is -2.36. The molecule has 1 N–H and O–H groups in total. The van der Waals surface area contributed by atoms with Crippen molar-refractivity contribution >= 4 is 10.9 Å². The molecule has 0 spiro atoms. The lowest BCUT2D eigenvalue weighted by molar-refractivity contribution is 0.150. The number of benzene rings is 2. The van der Waals surface area contributed by atoms with Gasteiger partial charge in [0.25, 0.3) is 5.56 Å². The van der Waals surface area contributed by atoms with Crippen LogP contribution >= 0.6 is 0 Å². The van der Waals surface area contributed by atoms with Gasteiger partial charge in [0.1, 0.15) is 11.5 Å². The number of hydrogen-bond acceptors (Lipinski definition) is 7. The molecule has 9 nitrogen and oxygen atoms in total. The summed E-state index contributed by atoms with van der Waals surface area (Å²) < 4.78 is 13.0. The van der Waals surface area contributed by atoms with Crippen LogP contribution in [-0.4, -0.2) is 43.8 Å². The second kappa shape index (κ2) is 11.8. The van der Waals surface area contributed by atoms with E-state index in [9.17, 15) is 4.79 Å². The Morgan fingerprint density at radius 1 is 1.03 bits per heavy atom. The highest BCUT2D eigenvalue weighted by molar-refractivity contribution is 5.80. The van der Waals surface area contributed by atoms with E-state index in [0.717, 1.165) is 46.6 Å². The predicted octanol–water partition coefficient (Wildman–Crippen LogP) is 5.22. The summed E-state index contributed by atoms with van der Waals surface area (Å²) in [5.74, 6) is 2.38. The van der Waals surface area contributed by atoms with Gasteiger partial charge in [-0.15, -0.1) is 5.10 Å². The van der Waals surface area contributed by atoms with Crippen molar-refractivity contribution < 1.29 is 9.47 Å². The Labute approximate surface area is 223 Å². The van der Waals surface area contributed by atoms with Gasteiger partial charge in [-0.3, -0.25) is 9.69 Å². The first-order valence-electron chi connectivity index (χ1n) is 13.2. The lowest BCUT2D eigenvalue weighted by Gasteiger charge is -2.33. The Hall–Kier alpha value is -3.72. The molecule has 0 saturated heterocycles. The molecule has 0 saturated carbocycles. The summed E-state index contributed by atoms with van der Waals surface area (Å²) in [5, 5.41) is 13.8. The van der Waals surface area contributed by atoms with Crippen LogP contribution in [0.15, 0.2) is 53.3 Å². The van der Waals surface area contributed by atoms with Crippen LogP contribution < -0.4 is 15.0 Å². The van der Waals surface area contributed by atoms with Gasteiger partial charge >= 0.3 is 0 Å². The summed E-state index contributed by atoms with van der Waals surface area (Å²) in [7, 11) is 1.66. The molecule has 0 radical (unpaired) electrons. The highest BCUT2D eigenvalue weighted by Gasteiger charge is 2.31. The molecule has 4 aromatic rings. The van der Waals surface area contributed by atoms with Gasteiger partial charge in [-0.2, -0.15) is 0 Å². The number of tetrazole rings is 1. The minimum absolute atomic E-state index is 0.107. The minimum atomic E-state index is -0.242. The van der Waals surface area contributed by atoms with E-state index in [4.69, 9.17) is 9.47 Å². The number of fused-ring (bicyclic) bond motifs is 1. The molecule has 0 aliphatic carbocycles. The topological polar surface area (TPSA) is 98.2 Å². The van der Waals surface area contributed by atoms with Crippen molar-refractivity contribution in [1.82, 2.24) is 30.1 Å². The normalized spacial score (nSPS) is 12.7. The molecule has 2 aromatic carbocycles. The van der Waals surface area contributed by atoms with Gasteiger partial charge in [-0.1, -0.05) is 26.0 Å². The summed E-state index contributed by atoms with van der Waals surface area (Å²) in [6.45, 7) is 12.1. The number of nitrogens with zero attached hydrogens (tertiary/aromatic N) is 5. The molecule has 4 rings (SSSR count). The molecule has 0 fully saturated rings. The first-order valence-corrected chi connectivity index (χ1v) is 13.2. The highest BCUT2D eigenvalue weighted by Crippen LogP contribution is 2.30. The van der Waals surface area contributed by atoms with E-state index in [-0.39, 0.29) is 17.1 Å². The average Bonchev–Trinajstić information content (AvgIpc) is 3.41. The molecule has 0 amide bonds. The van der Waals surface area contributed by atoms with Crippen molar-refractivity contribution in [3.63, 3.8) is 0 Å². The quantitative estimate of drug-likeness (QED) is 0.275. The average molecular weight is 519 g/mol. The predicted molar refractivity (Wildman–Crippen MR) is 148 cm³/mol. The van der Waals surface area contributed by atoms with E-state index >= 15 is 0 Å². The Morgan fingerprint density at radius 3 is 2.42 bits per heavy atom. The molecule has 202 valence electrons. The van der Waals surface area contributed by atoms with Gasteiger partial charge in [0.15, 0.2) is 5.82 Å². The maximum absolute atomic E-state index is 13.2. The zero-order chi connectivity index (χ0) is 27.3. The Morgan fingerprint density at radius 2 is 1.76 bits per heavy atom. The van der Waals surface area contributed by atoms with Gasteiger partial charge in [0.05, 0.1) is 25.3 Å². The van der Waals surface area contributed by atoms with Crippen molar-refractivity contribution in [3.05, 3.63) is 75.8 Å². The van der Waals surface area contributed by atoms with Crippen molar-refractivity contribution in [3.8, 4) is 11.5 Å². The SMILES string of the molecule is CCOc1ccc2[nH]c(=O)c(CN(Cc3ccc(OC)cc3)C(CC)c3nnnn3C(C)(C)CC)cc2c1. The summed E-state index contributed by atoms with van der Waals surface area (Å²) in [5.41, 5.74) is 2.21. The monoisotopic (exact) mass is 518 g/mol. The number of nitrogens with one attached hydrogen (secondary N) is 1.